The molecule has 1 aromatic heterocycles. The van der Waals surface area contributed by atoms with E-state index >= 15 is 0 Å². The highest BCUT2D eigenvalue weighted by molar-refractivity contribution is 9.10. The summed E-state index contributed by atoms with van der Waals surface area (Å²) >= 11 is 3.58. The van der Waals surface area contributed by atoms with Crippen LogP contribution in [0.3, 0.4) is 0 Å². The Morgan fingerprint density at radius 2 is 2.10 bits per heavy atom. The van der Waals surface area contributed by atoms with Crippen molar-refractivity contribution in [3.63, 3.8) is 0 Å². The molecule has 0 aliphatic heterocycles. The van der Waals surface area contributed by atoms with E-state index in [9.17, 15) is 0 Å². The molecule has 20 heavy (non-hydrogen) atoms. The zero-order valence-corrected chi connectivity index (χ0v) is 13.8. The van der Waals surface area contributed by atoms with Crippen LogP contribution in [0.4, 0.5) is 0 Å². The molecule has 1 atom stereocenters. The molecule has 2 rings (SSSR count). The summed E-state index contributed by atoms with van der Waals surface area (Å²) in [4.78, 5) is 4.38. The summed E-state index contributed by atoms with van der Waals surface area (Å²) < 4.78 is 3.07. The van der Waals surface area contributed by atoms with Crippen LogP contribution in [-0.2, 0) is 13.0 Å². The highest BCUT2D eigenvalue weighted by Crippen LogP contribution is 2.23. The molecule has 108 valence electrons. The van der Waals surface area contributed by atoms with Crippen LogP contribution in [0.2, 0.25) is 0 Å². The van der Waals surface area contributed by atoms with Gasteiger partial charge in [-0.25, -0.2) is 4.98 Å². The zero-order valence-electron chi connectivity index (χ0n) is 12.2. The van der Waals surface area contributed by atoms with Crippen LogP contribution in [0.15, 0.2) is 29.0 Å². The van der Waals surface area contributed by atoms with Gasteiger partial charge in [-0.1, -0.05) is 28.9 Å². The Balaban J connectivity index is 2.26. The zero-order chi connectivity index (χ0) is 14.5. The van der Waals surface area contributed by atoms with Crippen molar-refractivity contribution in [1.29, 1.82) is 0 Å². The summed E-state index contributed by atoms with van der Waals surface area (Å²) in [5.41, 5.74) is 2.54. The molecular formula is C15H21BrN4. The van der Waals surface area contributed by atoms with Gasteiger partial charge >= 0.3 is 0 Å². The lowest BCUT2D eigenvalue weighted by atomic mass is 10.0. The molecule has 1 N–H and O–H groups in total. The Bertz CT molecular complexity index is 545. The predicted octanol–water partition coefficient (Wildman–Crippen LogP) is 3.26. The second-order valence-corrected chi connectivity index (χ2v) is 5.78. The maximum Gasteiger partial charge on any atom is 0.138 e. The molecule has 2 aromatic rings. The van der Waals surface area contributed by atoms with Gasteiger partial charge in [0.25, 0.3) is 0 Å². The number of aromatic nitrogens is 3. The molecule has 0 bridgehead atoms. The smallest absolute Gasteiger partial charge is 0.138 e. The first-order valence-corrected chi connectivity index (χ1v) is 7.80. The van der Waals surface area contributed by atoms with Gasteiger partial charge in [-0.15, -0.1) is 0 Å². The van der Waals surface area contributed by atoms with Crippen LogP contribution in [-0.4, -0.2) is 21.3 Å². The SMILES string of the molecule is CCNC(Cc1ncnn1CC)c1cc(C)cc(Br)c1. The molecule has 4 nitrogen and oxygen atoms in total. The van der Waals surface area contributed by atoms with E-state index in [1.165, 1.54) is 11.1 Å². The van der Waals surface area contributed by atoms with E-state index in [1.807, 2.05) is 4.68 Å². The number of likely N-dealkylation sites (N-methyl/N-ethyl adjacent to an activating group) is 1. The molecule has 0 aliphatic carbocycles. The maximum atomic E-state index is 4.38. The van der Waals surface area contributed by atoms with Crippen molar-refractivity contribution in [2.75, 3.05) is 6.54 Å². The van der Waals surface area contributed by atoms with Crippen molar-refractivity contribution in [2.24, 2.45) is 0 Å². The number of benzene rings is 1. The molecule has 0 saturated heterocycles. The summed E-state index contributed by atoms with van der Waals surface area (Å²) in [6.45, 7) is 8.11. The Morgan fingerprint density at radius 1 is 1.30 bits per heavy atom. The summed E-state index contributed by atoms with van der Waals surface area (Å²) in [5, 5.41) is 7.79. The van der Waals surface area contributed by atoms with E-state index < -0.39 is 0 Å². The quantitative estimate of drug-likeness (QED) is 0.880. The monoisotopic (exact) mass is 336 g/mol. The summed E-state index contributed by atoms with van der Waals surface area (Å²) in [5.74, 6) is 1.02. The van der Waals surface area contributed by atoms with E-state index in [4.69, 9.17) is 0 Å². The molecular weight excluding hydrogens is 316 g/mol. The highest BCUT2D eigenvalue weighted by Gasteiger charge is 2.15. The molecule has 1 heterocycles. The van der Waals surface area contributed by atoms with Gasteiger partial charge in [0.05, 0.1) is 0 Å². The van der Waals surface area contributed by atoms with Gasteiger partial charge in [-0.05, 0) is 43.7 Å². The Kier molecular flexibility index (Phi) is 5.31. The van der Waals surface area contributed by atoms with Crippen LogP contribution < -0.4 is 5.32 Å². The summed E-state index contributed by atoms with van der Waals surface area (Å²) in [6, 6.07) is 6.78. The fourth-order valence-corrected chi connectivity index (χ4v) is 3.04. The Labute approximate surface area is 128 Å². The summed E-state index contributed by atoms with van der Waals surface area (Å²) in [7, 11) is 0. The number of hydrogen-bond donors (Lipinski definition) is 1. The molecule has 0 saturated carbocycles. The fourth-order valence-electron chi connectivity index (χ4n) is 2.41. The number of nitrogens with zero attached hydrogens (tertiary/aromatic N) is 3. The van der Waals surface area contributed by atoms with Crippen molar-refractivity contribution < 1.29 is 0 Å². The molecule has 5 heteroatoms. The standard InChI is InChI=1S/C15H21BrN4/c1-4-17-14(9-15-18-10-19-20(15)5-2)12-6-11(3)7-13(16)8-12/h6-8,10,14,17H,4-5,9H2,1-3H3. The average Bonchev–Trinajstić information content (AvgIpc) is 2.84. The van der Waals surface area contributed by atoms with E-state index in [2.05, 4.69) is 70.3 Å². The lowest BCUT2D eigenvalue weighted by Crippen LogP contribution is -2.24. The highest BCUT2D eigenvalue weighted by atomic mass is 79.9. The van der Waals surface area contributed by atoms with E-state index in [0.717, 1.165) is 29.8 Å². The van der Waals surface area contributed by atoms with Gasteiger partial charge in [0.2, 0.25) is 0 Å². The topological polar surface area (TPSA) is 42.7 Å². The Hall–Kier alpha value is -1.20. The van der Waals surface area contributed by atoms with Gasteiger partial charge < -0.3 is 5.32 Å². The van der Waals surface area contributed by atoms with E-state index in [-0.39, 0.29) is 6.04 Å². The summed E-state index contributed by atoms with van der Waals surface area (Å²) in [6.07, 6.45) is 2.48. The minimum Gasteiger partial charge on any atom is -0.310 e. The van der Waals surface area contributed by atoms with Crippen molar-refractivity contribution in [3.05, 3.63) is 46.0 Å². The lowest BCUT2D eigenvalue weighted by molar-refractivity contribution is 0.509. The van der Waals surface area contributed by atoms with Crippen LogP contribution in [0.25, 0.3) is 0 Å². The van der Waals surface area contributed by atoms with Crippen LogP contribution >= 0.6 is 15.9 Å². The third kappa shape index (κ3) is 3.67. The van der Waals surface area contributed by atoms with E-state index in [0.29, 0.717) is 0 Å². The van der Waals surface area contributed by atoms with Crippen molar-refractivity contribution in [1.82, 2.24) is 20.1 Å². The average molecular weight is 337 g/mol. The largest absolute Gasteiger partial charge is 0.310 e. The maximum absolute atomic E-state index is 4.38. The van der Waals surface area contributed by atoms with Gasteiger partial charge in [-0.2, -0.15) is 5.10 Å². The van der Waals surface area contributed by atoms with Gasteiger partial charge in [0.15, 0.2) is 0 Å². The molecule has 0 fully saturated rings. The molecule has 0 radical (unpaired) electrons. The molecule has 0 aliphatic rings. The third-order valence-corrected chi connectivity index (χ3v) is 3.76. The van der Waals surface area contributed by atoms with Gasteiger partial charge in [-0.3, -0.25) is 4.68 Å². The van der Waals surface area contributed by atoms with Crippen molar-refractivity contribution >= 4 is 15.9 Å². The fraction of sp³-hybridized carbons (Fsp3) is 0.467. The lowest BCUT2D eigenvalue weighted by Gasteiger charge is -2.19. The molecule has 0 spiro atoms. The normalized spacial score (nSPS) is 12.6. The van der Waals surface area contributed by atoms with Gasteiger partial charge in [0.1, 0.15) is 12.2 Å². The van der Waals surface area contributed by atoms with Gasteiger partial charge in [0, 0.05) is 23.5 Å². The first-order valence-electron chi connectivity index (χ1n) is 7.01. The van der Waals surface area contributed by atoms with E-state index in [1.54, 1.807) is 6.33 Å². The minimum atomic E-state index is 0.255. The van der Waals surface area contributed by atoms with Crippen LogP contribution in [0, 0.1) is 6.92 Å². The number of hydrogen-bond acceptors (Lipinski definition) is 3. The molecule has 0 amide bonds. The number of rotatable bonds is 6. The Morgan fingerprint density at radius 3 is 2.75 bits per heavy atom. The third-order valence-electron chi connectivity index (χ3n) is 3.30. The number of nitrogens with one attached hydrogen (secondary N) is 1. The van der Waals surface area contributed by atoms with Crippen LogP contribution in [0.1, 0.15) is 36.8 Å². The predicted molar refractivity (Wildman–Crippen MR) is 84.7 cm³/mol. The second-order valence-electron chi connectivity index (χ2n) is 4.87. The first-order chi connectivity index (χ1) is 9.63. The second kappa shape index (κ2) is 6.99. The van der Waals surface area contributed by atoms with Crippen molar-refractivity contribution in [3.8, 4) is 0 Å². The molecule has 1 aromatic carbocycles. The minimum absolute atomic E-state index is 0.255. The molecule has 1 unspecified atom stereocenters. The van der Waals surface area contributed by atoms with Crippen molar-refractivity contribution in [2.45, 2.75) is 39.8 Å². The first kappa shape index (κ1) is 15.2. The number of aryl methyl sites for hydroxylation is 2. The number of halogens is 1. The van der Waals surface area contributed by atoms with Crippen LogP contribution in [0.5, 0.6) is 0 Å².